The van der Waals surface area contributed by atoms with Gasteiger partial charge in [0.25, 0.3) is 0 Å². The average Bonchev–Trinajstić information content (AvgIpc) is 2.29. The number of hydrogen-bond donors (Lipinski definition) is 1. The van der Waals surface area contributed by atoms with E-state index in [1.54, 1.807) is 18.2 Å². The molecule has 3 nitrogen and oxygen atoms in total. The van der Waals surface area contributed by atoms with Crippen LogP contribution in [0.25, 0.3) is 0 Å². The van der Waals surface area contributed by atoms with Gasteiger partial charge in [-0.25, -0.2) is 0 Å². The lowest BCUT2D eigenvalue weighted by molar-refractivity contribution is -0.125. The molecule has 1 unspecified atom stereocenters. The lowest BCUT2D eigenvalue weighted by atomic mass is 10.0. The SMILES string of the molecule is N#Cc1ccccc1C(C#N)NCC(F)(F)F. The number of nitriles is 2. The monoisotopic (exact) mass is 239 g/mol. The van der Waals surface area contributed by atoms with Crippen LogP contribution in [-0.4, -0.2) is 12.7 Å². The van der Waals surface area contributed by atoms with Crippen molar-refractivity contribution in [2.24, 2.45) is 0 Å². The van der Waals surface area contributed by atoms with Gasteiger partial charge in [-0.3, -0.25) is 5.32 Å². The van der Waals surface area contributed by atoms with Crippen LogP contribution in [0, 0.1) is 22.7 Å². The van der Waals surface area contributed by atoms with E-state index in [-0.39, 0.29) is 11.1 Å². The molecule has 6 heteroatoms. The van der Waals surface area contributed by atoms with Crippen LogP contribution >= 0.6 is 0 Å². The van der Waals surface area contributed by atoms with Gasteiger partial charge in [0.1, 0.15) is 6.04 Å². The van der Waals surface area contributed by atoms with Gasteiger partial charge in [-0.2, -0.15) is 23.7 Å². The van der Waals surface area contributed by atoms with E-state index < -0.39 is 18.8 Å². The molecule has 0 aromatic heterocycles. The van der Waals surface area contributed by atoms with Crippen molar-refractivity contribution >= 4 is 0 Å². The zero-order valence-corrected chi connectivity index (χ0v) is 8.62. The average molecular weight is 239 g/mol. The van der Waals surface area contributed by atoms with Crippen LogP contribution in [0.3, 0.4) is 0 Å². The Morgan fingerprint density at radius 2 is 1.88 bits per heavy atom. The molecule has 0 bridgehead atoms. The highest BCUT2D eigenvalue weighted by Crippen LogP contribution is 2.19. The fourth-order valence-electron chi connectivity index (χ4n) is 1.29. The first-order valence-corrected chi connectivity index (χ1v) is 4.66. The summed E-state index contributed by atoms with van der Waals surface area (Å²) in [6.07, 6.45) is -4.39. The van der Waals surface area contributed by atoms with Crippen molar-refractivity contribution in [3.8, 4) is 12.1 Å². The molecule has 1 rings (SSSR count). The minimum Gasteiger partial charge on any atom is -0.290 e. The lowest BCUT2D eigenvalue weighted by Gasteiger charge is -2.14. The van der Waals surface area contributed by atoms with E-state index in [2.05, 4.69) is 5.32 Å². The maximum atomic E-state index is 12.0. The van der Waals surface area contributed by atoms with Crippen molar-refractivity contribution < 1.29 is 13.2 Å². The van der Waals surface area contributed by atoms with Crippen LogP contribution in [0.2, 0.25) is 0 Å². The number of hydrogen-bond acceptors (Lipinski definition) is 3. The van der Waals surface area contributed by atoms with Gasteiger partial charge in [0.05, 0.1) is 24.2 Å². The first-order valence-electron chi connectivity index (χ1n) is 4.66. The fraction of sp³-hybridized carbons (Fsp3) is 0.273. The molecule has 0 spiro atoms. The molecule has 1 atom stereocenters. The van der Waals surface area contributed by atoms with Crippen molar-refractivity contribution in [3.63, 3.8) is 0 Å². The lowest BCUT2D eigenvalue weighted by Crippen LogP contribution is -2.31. The summed E-state index contributed by atoms with van der Waals surface area (Å²) in [7, 11) is 0. The van der Waals surface area contributed by atoms with Crippen LogP contribution in [0.5, 0.6) is 0 Å². The smallest absolute Gasteiger partial charge is 0.290 e. The molecule has 1 N–H and O–H groups in total. The highest BCUT2D eigenvalue weighted by molar-refractivity contribution is 5.41. The van der Waals surface area contributed by atoms with Gasteiger partial charge in [0.15, 0.2) is 0 Å². The molecule has 0 saturated carbocycles. The van der Waals surface area contributed by atoms with Gasteiger partial charge in [-0.05, 0) is 6.07 Å². The molecule has 88 valence electrons. The highest BCUT2D eigenvalue weighted by atomic mass is 19.4. The van der Waals surface area contributed by atoms with Gasteiger partial charge in [0, 0.05) is 5.56 Å². The zero-order valence-electron chi connectivity index (χ0n) is 8.62. The fourth-order valence-corrected chi connectivity index (χ4v) is 1.29. The molecule has 0 amide bonds. The Balaban J connectivity index is 2.89. The molecular weight excluding hydrogens is 231 g/mol. The number of nitrogens with zero attached hydrogens (tertiary/aromatic N) is 2. The third-order valence-corrected chi connectivity index (χ3v) is 2.03. The minimum atomic E-state index is -4.39. The maximum absolute atomic E-state index is 12.0. The third kappa shape index (κ3) is 3.78. The normalized spacial score (nSPS) is 12.5. The van der Waals surface area contributed by atoms with Crippen molar-refractivity contribution in [1.29, 1.82) is 10.5 Å². The van der Waals surface area contributed by atoms with Crippen molar-refractivity contribution in [2.45, 2.75) is 12.2 Å². The predicted molar refractivity (Wildman–Crippen MR) is 53.6 cm³/mol. The molecule has 0 heterocycles. The van der Waals surface area contributed by atoms with Crippen LogP contribution < -0.4 is 5.32 Å². The Bertz CT molecular complexity index is 468. The first kappa shape index (κ1) is 13.0. The van der Waals surface area contributed by atoms with E-state index in [1.165, 1.54) is 12.1 Å². The largest absolute Gasteiger partial charge is 0.401 e. The Kier molecular flexibility index (Phi) is 4.08. The summed E-state index contributed by atoms with van der Waals surface area (Å²) in [5.41, 5.74) is 0.440. The molecule has 17 heavy (non-hydrogen) atoms. The van der Waals surface area contributed by atoms with Gasteiger partial charge in [-0.1, -0.05) is 18.2 Å². The van der Waals surface area contributed by atoms with Crippen LogP contribution in [0.4, 0.5) is 13.2 Å². The Morgan fingerprint density at radius 3 is 2.41 bits per heavy atom. The molecular formula is C11H8F3N3. The van der Waals surface area contributed by atoms with E-state index in [9.17, 15) is 13.2 Å². The molecule has 1 aromatic carbocycles. The topological polar surface area (TPSA) is 59.6 Å². The van der Waals surface area contributed by atoms with Crippen LogP contribution in [0.1, 0.15) is 17.2 Å². The summed E-state index contributed by atoms with van der Waals surface area (Å²) >= 11 is 0. The maximum Gasteiger partial charge on any atom is 0.401 e. The standard InChI is InChI=1S/C11H8F3N3/c12-11(13,14)7-17-10(6-16)9-4-2-1-3-8(9)5-15/h1-4,10,17H,7H2. The van der Waals surface area contributed by atoms with E-state index in [4.69, 9.17) is 10.5 Å². The van der Waals surface area contributed by atoms with Crippen molar-refractivity contribution in [3.05, 3.63) is 35.4 Å². The van der Waals surface area contributed by atoms with E-state index >= 15 is 0 Å². The Hall–Kier alpha value is -2.05. The third-order valence-electron chi connectivity index (χ3n) is 2.03. The summed E-state index contributed by atoms with van der Waals surface area (Å²) in [6.45, 7) is -1.27. The molecule has 0 aliphatic heterocycles. The van der Waals surface area contributed by atoms with E-state index in [0.29, 0.717) is 0 Å². The Morgan fingerprint density at radius 1 is 1.24 bits per heavy atom. The van der Waals surface area contributed by atoms with Gasteiger partial charge in [-0.15, -0.1) is 0 Å². The number of benzene rings is 1. The molecule has 0 aliphatic rings. The van der Waals surface area contributed by atoms with Gasteiger partial charge < -0.3 is 0 Å². The zero-order chi connectivity index (χ0) is 12.9. The predicted octanol–water partition coefficient (Wildman–Crippen LogP) is 2.27. The van der Waals surface area contributed by atoms with E-state index in [1.807, 2.05) is 6.07 Å². The summed E-state index contributed by atoms with van der Waals surface area (Å²) in [6, 6.07) is 8.45. The molecule has 0 aliphatic carbocycles. The number of alkyl halides is 3. The van der Waals surface area contributed by atoms with E-state index in [0.717, 1.165) is 0 Å². The summed E-state index contributed by atoms with van der Waals surface area (Å²) in [5, 5.41) is 19.7. The number of halogens is 3. The van der Waals surface area contributed by atoms with Crippen molar-refractivity contribution in [2.75, 3.05) is 6.54 Å². The molecule has 0 radical (unpaired) electrons. The van der Waals surface area contributed by atoms with Gasteiger partial charge in [0.2, 0.25) is 0 Å². The van der Waals surface area contributed by atoms with Crippen LogP contribution in [0.15, 0.2) is 24.3 Å². The Labute approximate surface area is 96.1 Å². The summed E-state index contributed by atoms with van der Waals surface area (Å²) < 4.78 is 36.0. The van der Waals surface area contributed by atoms with Crippen LogP contribution in [-0.2, 0) is 0 Å². The number of nitrogens with one attached hydrogen (secondary N) is 1. The minimum absolute atomic E-state index is 0.189. The molecule has 0 saturated heterocycles. The highest BCUT2D eigenvalue weighted by Gasteiger charge is 2.28. The summed E-state index contributed by atoms with van der Waals surface area (Å²) in [4.78, 5) is 0. The second-order valence-electron chi connectivity index (χ2n) is 3.26. The van der Waals surface area contributed by atoms with Crippen molar-refractivity contribution in [1.82, 2.24) is 5.32 Å². The second-order valence-corrected chi connectivity index (χ2v) is 3.26. The second kappa shape index (κ2) is 5.33. The quantitative estimate of drug-likeness (QED) is 0.880. The first-order chi connectivity index (χ1) is 7.98. The number of rotatable bonds is 3. The van der Waals surface area contributed by atoms with Gasteiger partial charge >= 0.3 is 6.18 Å². The molecule has 1 aromatic rings. The molecule has 0 fully saturated rings. The summed E-state index contributed by atoms with van der Waals surface area (Å²) in [5.74, 6) is 0.